The average molecular weight is 271 g/mol. The summed E-state index contributed by atoms with van der Waals surface area (Å²) in [4.78, 5) is 12.7. The zero-order valence-corrected chi connectivity index (χ0v) is 11.3. The third-order valence-electron chi connectivity index (χ3n) is 2.85. The number of carboxylic acid groups (broad SMARTS) is 1. The fourth-order valence-corrected chi connectivity index (χ4v) is 2.02. The van der Waals surface area contributed by atoms with Crippen LogP contribution in [0.1, 0.15) is 16.7 Å². The lowest BCUT2D eigenvalue weighted by Gasteiger charge is -2.15. The van der Waals surface area contributed by atoms with E-state index in [1.807, 2.05) is 37.4 Å². The number of furan rings is 1. The lowest BCUT2D eigenvalue weighted by Crippen LogP contribution is -2.16. The number of hydrogen-bond donors (Lipinski definition) is 1. The van der Waals surface area contributed by atoms with Crippen molar-refractivity contribution in [1.29, 1.82) is 0 Å². The molecule has 0 amide bonds. The van der Waals surface area contributed by atoms with Gasteiger partial charge in [-0.2, -0.15) is 0 Å². The zero-order chi connectivity index (χ0) is 14.4. The molecular weight excluding hydrogens is 254 g/mol. The molecule has 0 unspecified atom stereocenters. The Morgan fingerprint density at radius 1 is 1.30 bits per heavy atom. The second kappa shape index (κ2) is 6.73. The third-order valence-corrected chi connectivity index (χ3v) is 2.85. The summed E-state index contributed by atoms with van der Waals surface area (Å²) < 4.78 is 5.05. The molecule has 2 aromatic rings. The van der Waals surface area contributed by atoms with Crippen molar-refractivity contribution in [3.05, 3.63) is 65.6 Å². The molecular formula is C16H17NO3. The first kappa shape index (κ1) is 14.1. The van der Waals surface area contributed by atoms with Gasteiger partial charge in [-0.25, -0.2) is 4.79 Å². The molecule has 0 aliphatic heterocycles. The van der Waals surface area contributed by atoms with Crippen LogP contribution >= 0.6 is 0 Å². The first-order valence-corrected chi connectivity index (χ1v) is 6.33. The minimum atomic E-state index is -0.938. The van der Waals surface area contributed by atoms with Gasteiger partial charge in [-0.1, -0.05) is 24.3 Å². The first-order chi connectivity index (χ1) is 9.63. The van der Waals surface area contributed by atoms with Gasteiger partial charge in [-0.15, -0.1) is 0 Å². The van der Waals surface area contributed by atoms with Gasteiger partial charge in [-0.05, 0) is 30.3 Å². The van der Waals surface area contributed by atoms with Crippen molar-refractivity contribution in [2.75, 3.05) is 7.05 Å². The van der Waals surface area contributed by atoms with Gasteiger partial charge in [0.1, 0.15) is 0 Å². The summed E-state index contributed by atoms with van der Waals surface area (Å²) in [5.74, 6) is -0.938. The SMILES string of the molecule is CN(Cc1ccoc1)Cc1cccc(C=CC(=O)O)c1. The summed E-state index contributed by atoms with van der Waals surface area (Å²) in [6.07, 6.45) is 6.15. The minimum absolute atomic E-state index is 0.792. The quantitative estimate of drug-likeness (QED) is 0.821. The molecule has 1 N–H and O–H groups in total. The van der Waals surface area contributed by atoms with Crippen LogP contribution in [0.25, 0.3) is 6.08 Å². The predicted octanol–water partition coefficient (Wildman–Crippen LogP) is 3.01. The fourth-order valence-electron chi connectivity index (χ4n) is 2.02. The van der Waals surface area contributed by atoms with Gasteiger partial charge in [0.25, 0.3) is 0 Å². The van der Waals surface area contributed by atoms with Gasteiger partial charge in [-0.3, -0.25) is 4.90 Å². The highest BCUT2D eigenvalue weighted by Crippen LogP contribution is 2.11. The molecule has 2 rings (SSSR count). The Hall–Kier alpha value is -2.33. The molecule has 0 atom stereocenters. The molecule has 0 saturated carbocycles. The third kappa shape index (κ3) is 4.40. The normalized spacial score (nSPS) is 11.3. The standard InChI is InChI=1S/C16H17NO3/c1-17(11-15-7-8-20-12-15)10-14-4-2-3-13(9-14)5-6-16(18)19/h2-9,12H,10-11H2,1H3,(H,18,19). The van der Waals surface area contributed by atoms with Crippen LogP contribution in [-0.4, -0.2) is 23.0 Å². The van der Waals surface area contributed by atoms with E-state index in [1.54, 1.807) is 18.6 Å². The summed E-state index contributed by atoms with van der Waals surface area (Å²) in [6.45, 7) is 1.60. The Bertz CT molecular complexity index is 588. The maximum atomic E-state index is 10.5. The van der Waals surface area contributed by atoms with E-state index in [-0.39, 0.29) is 0 Å². The molecule has 1 aromatic heterocycles. The van der Waals surface area contributed by atoms with Crippen molar-refractivity contribution in [3.8, 4) is 0 Å². The van der Waals surface area contributed by atoms with Gasteiger partial charge in [0.05, 0.1) is 12.5 Å². The summed E-state index contributed by atoms with van der Waals surface area (Å²) in [5.41, 5.74) is 3.17. The number of carbonyl (C=O) groups is 1. The molecule has 1 heterocycles. The molecule has 0 fully saturated rings. The fraction of sp³-hybridized carbons (Fsp3) is 0.188. The van der Waals surface area contributed by atoms with E-state index in [2.05, 4.69) is 4.90 Å². The molecule has 1 aromatic carbocycles. The molecule has 0 saturated heterocycles. The number of nitrogens with zero attached hydrogens (tertiary/aromatic N) is 1. The number of benzene rings is 1. The van der Waals surface area contributed by atoms with E-state index in [1.165, 1.54) is 0 Å². The number of carboxylic acids is 1. The highest BCUT2D eigenvalue weighted by atomic mass is 16.4. The monoisotopic (exact) mass is 271 g/mol. The summed E-state index contributed by atoms with van der Waals surface area (Å²) >= 11 is 0. The Morgan fingerprint density at radius 3 is 2.80 bits per heavy atom. The molecule has 104 valence electrons. The van der Waals surface area contributed by atoms with Crippen LogP contribution in [0.2, 0.25) is 0 Å². The van der Waals surface area contributed by atoms with Crippen LogP contribution in [-0.2, 0) is 17.9 Å². The van der Waals surface area contributed by atoms with Gasteiger partial charge in [0.15, 0.2) is 0 Å². The van der Waals surface area contributed by atoms with Gasteiger partial charge in [0.2, 0.25) is 0 Å². The van der Waals surface area contributed by atoms with Crippen LogP contribution in [0.4, 0.5) is 0 Å². The maximum Gasteiger partial charge on any atom is 0.328 e. The lowest BCUT2D eigenvalue weighted by atomic mass is 10.1. The zero-order valence-electron chi connectivity index (χ0n) is 11.3. The van der Waals surface area contributed by atoms with E-state index in [4.69, 9.17) is 9.52 Å². The smallest absolute Gasteiger partial charge is 0.328 e. The summed E-state index contributed by atoms with van der Waals surface area (Å²) in [5, 5.41) is 8.63. The van der Waals surface area contributed by atoms with Crippen LogP contribution in [0.3, 0.4) is 0 Å². The molecule has 0 aliphatic rings. The highest BCUT2D eigenvalue weighted by molar-refractivity contribution is 5.85. The number of aliphatic carboxylic acids is 1. The molecule has 0 bridgehead atoms. The van der Waals surface area contributed by atoms with Crippen LogP contribution in [0, 0.1) is 0 Å². The Morgan fingerprint density at radius 2 is 2.10 bits per heavy atom. The van der Waals surface area contributed by atoms with Gasteiger partial charge in [0, 0.05) is 24.7 Å². The summed E-state index contributed by atoms with van der Waals surface area (Å²) in [6, 6.07) is 9.79. The van der Waals surface area contributed by atoms with Crippen LogP contribution in [0.5, 0.6) is 0 Å². The Balaban J connectivity index is 1.98. The molecule has 20 heavy (non-hydrogen) atoms. The van der Waals surface area contributed by atoms with E-state index in [9.17, 15) is 4.79 Å². The van der Waals surface area contributed by atoms with Crippen molar-refractivity contribution < 1.29 is 14.3 Å². The van der Waals surface area contributed by atoms with Crippen molar-refractivity contribution in [2.45, 2.75) is 13.1 Å². The highest BCUT2D eigenvalue weighted by Gasteiger charge is 2.03. The van der Waals surface area contributed by atoms with Gasteiger partial charge < -0.3 is 9.52 Å². The largest absolute Gasteiger partial charge is 0.478 e. The second-order valence-corrected chi connectivity index (χ2v) is 4.72. The molecule has 4 nitrogen and oxygen atoms in total. The average Bonchev–Trinajstić information content (AvgIpc) is 2.89. The topological polar surface area (TPSA) is 53.7 Å². The molecule has 0 aliphatic carbocycles. The molecule has 4 heteroatoms. The summed E-state index contributed by atoms with van der Waals surface area (Å²) in [7, 11) is 2.03. The van der Waals surface area contributed by atoms with Crippen molar-refractivity contribution in [1.82, 2.24) is 4.90 Å². The molecule has 0 radical (unpaired) electrons. The maximum absolute atomic E-state index is 10.5. The van der Waals surface area contributed by atoms with E-state index in [0.717, 1.165) is 35.9 Å². The Kier molecular flexibility index (Phi) is 4.74. The van der Waals surface area contributed by atoms with Crippen LogP contribution in [0.15, 0.2) is 53.4 Å². The number of rotatable bonds is 6. The van der Waals surface area contributed by atoms with Crippen molar-refractivity contribution in [2.24, 2.45) is 0 Å². The van der Waals surface area contributed by atoms with Gasteiger partial charge >= 0.3 is 5.97 Å². The van der Waals surface area contributed by atoms with E-state index >= 15 is 0 Å². The minimum Gasteiger partial charge on any atom is -0.478 e. The molecule has 0 spiro atoms. The lowest BCUT2D eigenvalue weighted by molar-refractivity contribution is -0.131. The first-order valence-electron chi connectivity index (χ1n) is 6.33. The van der Waals surface area contributed by atoms with Crippen molar-refractivity contribution >= 4 is 12.0 Å². The predicted molar refractivity (Wildman–Crippen MR) is 77.0 cm³/mol. The van der Waals surface area contributed by atoms with E-state index < -0.39 is 5.97 Å². The number of hydrogen-bond acceptors (Lipinski definition) is 3. The second-order valence-electron chi connectivity index (χ2n) is 4.72. The Labute approximate surface area is 117 Å². The van der Waals surface area contributed by atoms with E-state index in [0.29, 0.717) is 0 Å². The van der Waals surface area contributed by atoms with Crippen LogP contribution < -0.4 is 0 Å². The van der Waals surface area contributed by atoms with Crippen molar-refractivity contribution in [3.63, 3.8) is 0 Å².